The Labute approximate surface area is 361 Å². The molecule has 0 N–H and O–H groups in total. The lowest BCUT2D eigenvalue weighted by atomic mass is 9.42. The van der Waals surface area contributed by atoms with Crippen LogP contribution in [-0.2, 0) is 5.41 Å². The molecule has 10 aromatic carbocycles. The number of anilines is 5. The van der Waals surface area contributed by atoms with Crippen molar-refractivity contribution >= 4 is 57.0 Å². The Kier molecular flexibility index (Phi) is 6.88. The Morgan fingerprint density at radius 2 is 0.903 bits per heavy atom. The van der Waals surface area contributed by atoms with E-state index in [1.807, 2.05) is 0 Å². The monoisotopic (exact) mass is 784 g/mol. The number of benzene rings is 10. The third-order valence-corrected chi connectivity index (χ3v) is 14.2. The molecule has 0 fully saturated rings. The minimum Gasteiger partial charge on any atom is -0.376 e. The van der Waals surface area contributed by atoms with Crippen LogP contribution in [0.15, 0.2) is 224 Å². The molecule has 0 aromatic heterocycles. The minimum absolute atomic E-state index is 0.130. The van der Waals surface area contributed by atoms with Gasteiger partial charge in [0, 0.05) is 28.0 Å². The number of fused-ring (bicyclic) bond motifs is 15. The van der Waals surface area contributed by atoms with E-state index < -0.39 is 5.41 Å². The van der Waals surface area contributed by atoms with Gasteiger partial charge in [0.25, 0.3) is 0 Å². The van der Waals surface area contributed by atoms with Crippen molar-refractivity contribution in [3.63, 3.8) is 0 Å². The molecule has 3 heterocycles. The number of hydrogen-bond donors (Lipinski definition) is 0. The van der Waals surface area contributed by atoms with Gasteiger partial charge in [0.2, 0.25) is 0 Å². The van der Waals surface area contributed by atoms with E-state index in [1.54, 1.807) is 0 Å². The van der Waals surface area contributed by atoms with Gasteiger partial charge in [0.15, 0.2) is 0 Å². The molecule has 1 spiro atoms. The Hall–Kier alpha value is -7.88. The quantitative estimate of drug-likeness (QED) is 0.165. The number of hydrogen-bond acceptors (Lipinski definition) is 2. The van der Waals surface area contributed by atoms with Crippen LogP contribution in [0.1, 0.15) is 22.3 Å². The van der Waals surface area contributed by atoms with Crippen molar-refractivity contribution in [1.82, 2.24) is 0 Å². The molecular formula is C59H37BN2. The van der Waals surface area contributed by atoms with Gasteiger partial charge >= 0.3 is 6.85 Å². The SMILES string of the molecule is c1ccc(-c2cc(-c3ccccc3)cc(N3B4c5cccc6c5N(c5ccccc5C65c6ccccc6-c6ccccc65)c5c4c(cc4ccccc54)-c4ccccc43)c2)cc1. The standard InChI is InChI=1S/C59H37BN2/c1-3-18-38(19-4-1)41-34-42(39-20-5-2-6-21-39)36-43(35-41)62-54-32-15-11-26-47(54)48-37-40-22-7-8-23-44(40)57-56(48)60(62)53-31-17-30-52-58(53)61(57)55-33-16-14-29-51(55)59(52)49-27-12-9-24-45(49)46-25-10-13-28-50(46)59/h1-37H. The molecule has 3 aliphatic heterocycles. The van der Waals surface area contributed by atoms with Crippen LogP contribution in [0.25, 0.3) is 55.3 Å². The Bertz CT molecular complexity index is 3400. The maximum Gasteiger partial charge on any atom is 0.333 e. The van der Waals surface area contributed by atoms with Crippen molar-refractivity contribution in [2.45, 2.75) is 5.41 Å². The summed E-state index contributed by atoms with van der Waals surface area (Å²) < 4.78 is 0. The lowest BCUT2D eigenvalue weighted by molar-refractivity contribution is 0.754. The first-order valence-electron chi connectivity index (χ1n) is 21.7. The highest BCUT2D eigenvalue weighted by molar-refractivity contribution is 6.94. The van der Waals surface area contributed by atoms with Crippen LogP contribution in [0.4, 0.5) is 28.4 Å². The van der Waals surface area contributed by atoms with Gasteiger partial charge < -0.3 is 9.71 Å². The van der Waals surface area contributed by atoms with Crippen LogP contribution < -0.4 is 20.6 Å². The summed E-state index contributed by atoms with van der Waals surface area (Å²) in [4.78, 5) is 5.33. The van der Waals surface area contributed by atoms with E-state index in [1.165, 1.54) is 117 Å². The summed E-state index contributed by atoms with van der Waals surface area (Å²) in [6.45, 7) is -0.130. The Morgan fingerprint density at radius 3 is 1.60 bits per heavy atom. The third kappa shape index (κ3) is 4.34. The molecule has 286 valence electrons. The van der Waals surface area contributed by atoms with Crippen LogP contribution in [0.3, 0.4) is 0 Å². The van der Waals surface area contributed by atoms with E-state index in [0.29, 0.717) is 0 Å². The van der Waals surface area contributed by atoms with Crippen LogP contribution in [0.2, 0.25) is 0 Å². The van der Waals surface area contributed by atoms with Crippen molar-refractivity contribution in [2.75, 3.05) is 9.71 Å². The number of para-hydroxylation sites is 3. The third-order valence-electron chi connectivity index (χ3n) is 14.2. The molecule has 1 aliphatic carbocycles. The maximum atomic E-state index is 2.67. The summed E-state index contributed by atoms with van der Waals surface area (Å²) in [6, 6.07) is 84.3. The summed E-state index contributed by atoms with van der Waals surface area (Å²) in [6.07, 6.45) is 0. The van der Waals surface area contributed by atoms with Crippen molar-refractivity contribution in [1.29, 1.82) is 0 Å². The smallest absolute Gasteiger partial charge is 0.333 e. The topological polar surface area (TPSA) is 6.48 Å². The normalized spacial score (nSPS) is 14.2. The Balaban J connectivity index is 1.14. The zero-order valence-electron chi connectivity index (χ0n) is 33.8. The molecule has 62 heavy (non-hydrogen) atoms. The lowest BCUT2D eigenvalue weighted by Gasteiger charge is -2.51. The zero-order chi connectivity index (χ0) is 40.5. The summed E-state index contributed by atoms with van der Waals surface area (Å²) in [7, 11) is 0. The van der Waals surface area contributed by atoms with Gasteiger partial charge in [-0.2, -0.15) is 0 Å². The second-order valence-corrected chi connectivity index (χ2v) is 17.1. The second kappa shape index (κ2) is 12.6. The summed E-state index contributed by atoms with van der Waals surface area (Å²) in [5.74, 6) is 0. The fourth-order valence-electron chi connectivity index (χ4n) is 11.8. The van der Waals surface area contributed by atoms with Gasteiger partial charge in [-0.1, -0.05) is 188 Å². The largest absolute Gasteiger partial charge is 0.376 e. The van der Waals surface area contributed by atoms with Gasteiger partial charge in [-0.25, -0.2) is 0 Å². The molecule has 14 rings (SSSR count). The molecule has 3 heteroatoms. The lowest BCUT2D eigenvalue weighted by Crippen LogP contribution is -2.62. The maximum absolute atomic E-state index is 2.67. The molecular weight excluding hydrogens is 747 g/mol. The first kappa shape index (κ1) is 33.9. The highest BCUT2D eigenvalue weighted by Gasteiger charge is 2.55. The first-order chi connectivity index (χ1) is 30.8. The zero-order valence-corrected chi connectivity index (χ0v) is 33.8. The van der Waals surface area contributed by atoms with Crippen molar-refractivity contribution in [3.8, 4) is 44.5 Å². The molecule has 0 atom stereocenters. The summed E-state index contributed by atoms with van der Waals surface area (Å²) >= 11 is 0. The predicted molar refractivity (Wildman–Crippen MR) is 259 cm³/mol. The second-order valence-electron chi connectivity index (χ2n) is 17.1. The molecule has 0 amide bonds. The van der Waals surface area contributed by atoms with Crippen LogP contribution in [-0.4, -0.2) is 6.85 Å². The fraction of sp³-hybridized carbons (Fsp3) is 0.0169. The van der Waals surface area contributed by atoms with E-state index in [2.05, 4.69) is 234 Å². The van der Waals surface area contributed by atoms with Gasteiger partial charge in [-0.15, -0.1) is 0 Å². The summed E-state index contributed by atoms with van der Waals surface area (Å²) in [5.41, 5.74) is 23.6. The minimum atomic E-state index is -0.512. The van der Waals surface area contributed by atoms with Crippen molar-refractivity contribution < 1.29 is 0 Å². The van der Waals surface area contributed by atoms with Gasteiger partial charge in [0.05, 0.1) is 16.8 Å². The van der Waals surface area contributed by atoms with Crippen molar-refractivity contribution in [2.24, 2.45) is 0 Å². The van der Waals surface area contributed by atoms with Gasteiger partial charge in [0.1, 0.15) is 0 Å². The molecule has 0 bridgehead atoms. The predicted octanol–water partition coefficient (Wildman–Crippen LogP) is 13.6. The average molecular weight is 785 g/mol. The van der Waals surface area contributed by atoms with Crippen LogP contribution in [0, 0.1) is 0 Å². The van der Waals surface area contributed by atoms with E-state index in [0.717, 1.165) is 0 Å². The van der Waals surface area contributed by atoms with E-state index in [-0.39, 0.29) is 6.85 Å². The van der Waals surface area contributed by atoms with E-state index in [4.69, 9.17) is 0 Å². The molecule has 0 saturated carbocycles. The first-order valence-corrected chi connectivity index (χ1v) is 21.7. The van der Waals surface area contributed by atoms with E-state index >= 15 is 0 Å². The van der Waals surface area contributed by atoms with Gasteiger partial charge in [-0.3, -0.25) is 0 Å². The fourth-order valence-corrected chi connectivity index (χ4v) is 11.8. The Morgan fingerprint density at radius 1 is 0.355 bits per heavy atom. The number of nitrogens with zero attached hydrogens (tertiary/aromatic N) is 2. The van der Waals surface area contributed by atoms with Crippen LogP contribution in [0.5, 0.6) is 0 Å². The van der Waals surface area contributed by atoms with Crippen LogP contribution >= 0.6 is 0 Å². The summed E-state index contributed by atoms with van der Waals surface area (Å²) in [5, 5.41) is 2.51. The molecule has 0 unspecified atom stereocenters. The molecule has 2 nitrogen and oxygen atoms in total. The van der Waals surface area contributed by atoms with Crippen molar-refractivity contribution in [3.05, 3.63) is 247 Å². The number of rotatable bonds is 3. The molecule has 4 aliphatic rings. The molecule has 0 radical (unpaired) electrons. The average Bonchev–Trinajstić information content (AvgIpc) is 3.64. The molecule has 0 saturated heterocycles. The highest BCUT2D eigenvalue weighted by Crippen LogP contribution is 2.64. The van der Waals surface area contributed by atoms with E-state index in [9.17, 15) is 0 Å². The molecule has 10 aromatic rings. The highest BCUT2D eigenvalue weighted by atomic mass is 15.2. The van der Waals surface area contributed by atoms with Gasteiger partial charge in [-0.05, 0) is 114 Å².